The highest BCUT2D eigenvalue weighted by Crippen LogP contribution is 2.27. The van der Waals surface area contributed by atoms with Crippen LogP contribution in [0.4, 0.5) is 11.6 Å². The molecule has 1 aliphatic rings. The van der Waals surface area contributed by atoms with E-state index in [9.17, 15) is 10.1 Å². The van der Waals surface area contributed by atoms with Gasteiger partial charge in [-0.2, -0.15) is 0 Å². The van der Waals surface area contributed by atoms with Crippen LogP contribution in [0.1, 0.15) is 39.5 Å². The normalized spacial score (nSPS) is 21.3. The zero-order chi connectivity index (χ0) is 17.1. The van der Waals surface area contributed by atoms with Crippen LogP contribution in [0.2, 0.25) is 0 Å². The molecular formula is C16H23N5O3. The van der Waals surface area contributed by atoms with Gasteiger partial charge in [0.25, 0.3) is 0 Å². The van der Waals surface area contributed by atoms with E-state index in [-0.39, 0.29) is 18.0 Å². The molecule has 1 fully saturated rings. The van der Waals surface area contributed by atoms with Crippen LogP contribution in [0.3, 0.4) is 0 Å². The van der Waals surface area contributed by atoms with Gasteiger partial charge in [-0.3, -0.25) is 0 Å². The molecule has 3 rings (SSSR count). The molecule has 0 aromatic carbocycles. The highest BCUT2D eigenvalue weighted by molar-refractivity contribution is 5.48. The average Bonchev–Trinajstić information content (AvgIpc) is 3.00. The Labute approximate surface area is 140 Å². The van der Waals surface area contributed by atoms with Crippen LogP contribution >= 0.6 is 0 Å². The minimum Gasteiger partial charge on any atom is -0.378 e. The van der Waals surface area contributed by atoms with E-state index in [1.165, 1.54) is 10.7 Å². The minimum atomic E-state index is -0.478. The molecule has 0 amide bonds. The van der Waals surface area contributed by atoms with Gasteiger partial charge < -0.3 is 20.2 Å². The lowest BCUT2D eigenvalue weighted by Crippen LogP contribution is -2.38. The molecule has 0 radical (unpaired) electrons. The maximum Gasteiger partial charge on any atom is 0.368 e. The first-order valence-electron chi connectivity index (χ1n) is 8.49. The number of imidazole rings is 1. The summed E-state index contributed by atoms with van der Waals surface area (Å²) in [5.74, 6) is 1.06. The van der Waals surface area contributed by atoms with Gasteiger partial charge >= 0.3 is 5.82 Å². The molecule has 1 N–H and O–H groups in total. The lowest BCUT2D eigenvalue weighted by atomic mass is 9.89. The summed E-state index contributed by atoms with van der Waals surface area (Å²) in [4.78, 5) is 14.5. The molecule has 0 spiro atoms. The number of anilines is 1. The maximum absolute atomic E-state index is 11.0. The molecule has 2 atom stereocenters. The summed E-state index contributed by atoms with van der Waals surface area (Å²) in [6.07, 6.45) is 5.54. The Morgan fingerprint density at radius 3 is 2.96 bits per heavy atom. The second kappa shape index (κ2) is 7.12. The molecule has 3 heterocycles. The van der Waals surface area contributed by atoms with Gasteiger partial charge in [-0.1, -0.05) is 36.3 Å². The van der Waals surface area contributed by atoms with Crippen molar-refractivity contribution in [2.45, 2.75) is 51.7 Å². The second-order valence-corrected chi connectivity index (χ2v) is 6.21. The second-order valence-electron chi connectivity index (χ2n) is 6.21. The molecule has 2 aromatic heterocycles. The Morgan fingerprint density at radius 2 is 2.25 bits per heavy atom. The third-order valence-electron chi connectivity index (χ3n) is 4.77. The number of nitrogens with zero attached hydrogens (tertiary/aromatic N) is 4. The van der Waals surface area contributed by atoms with Crippen LogP contribution in [-0.4, -0.2) is 38.3 Å². The van der Waals surface area contributed by atoms with Gasteiger partial charge in [-0.05, 0) is 29.7 Å². The number of fused-ring (bicyclic) bond motifs is 1. The first-order chi connectivity index (χ1) is 11.6. The van der Waals surface area contributed by atoms with Gasteiger partial charge in [-0.15, -0.1) is 0 Å². The summed E-state index contributed by atoms with van der Waals surface area (Å²) in [6, 6.07) is 3.81. The minimum absolute atomic E-state index is 0.129. The van der Waals surface area contributed by atoms with E-state index in [1.807, 2.05) is 6.07 Å². The van der Waals surface area contributed by atoms with Crippen LogP contribution in [-0.2, 0) is 4.74 Å². The molecule has 0 saturated carbocycles. The van der Waals surface area contributed by atoms with Crippen molar-refractivity contribution in [3.63, 3.8) is 0 Å². The van der Waals surface area contributed by atoms with E-state index < -0.39 is 4.92 Å². The Morgan fingerprint density at radius 1 is 1.46 bits per heavy atom. The van der Waals surface area contributed by atoms with E-state index >= 15 is 0 Å². The van der Waals surface area contributed by atoms with Gasteiger partial charge in [0.15, 0.2) is 5.82 Å². The van der Waals surface area contributed by atoms with E-state index in [4.69, 9.17) is 4.74 Å². The van der Waals surface area contributed by atoms with Crippen molar-refractivity contribution in [1.82, 2.24) is 14.6 Å². The molecule has 8 nitrogen and oxygen atoms in total. The fourth-order valence-corrected chi connectivity index (χ4v) is 3.37. The summed E-state index contributed by atoms with van der Waals surface area (Å²) in [6.45, 7) is 5.12. The van der Waals surface area contributed by atoms with Crippen molar-refractivity contribution in [2.24, 2.45) is 5.92 Å². The van der Waals surface area contributed by atoms with Gasteiger partial charge in [-0.25, -0.2) is 4.98 Å². The molecule has 1 aliphatic heterocycles. The number of aromatic nitrogens is 3. The van der Waals surface area contributed by atoms with Gasteiger partial charge in [0, 0.05) is 18.7 Å². The zero-order valence-electron chi connectivity index (χ0n) is 14.0. The standard InChI is InChI=1S/C16H23N5O3/c1-3-11(4-2)13-9-12(7-8-24-13)18-14-5-6-15-17-10-16(21(22)23)20(15)19-14/h5-6,10-13H,3-4,7-9H2,1-2H3,(H,18,19). The van der Waals surface area contributed by atoms with Gasteiger partial charge in [0.05, 0.1) is 6.10 Å². The quantitative estimate of drug-likeness (QED) is 0.645. The number of hydrogen-bond donors (Lipinski definition) is 1. The fourth-order valence-electron chi connectivity index (χ4n) is 3.37. The predicted octanol–water partition coefficient (Wildman–Crippen LogP) is 3.03. The molecule has 24 heavy (non-hydrogen) atoms. The third kappa shape index (κ3) is 3.33. The van der Waals surface area contributed by atoms with Crippen molar-refractivity contribution < 1.29 is 9.66 Å². The van der Waals surface area contributed by atoms with E-state index in [0.717, 1.165) is 32.3 Å². The van der Waals surface area contributed by atoms with Crippen molar-refractivity contribution in [1.29, 1.82) is 0 Å². The van der Waals surface area contributed by atoms with Crippen molar-refractivity contribution >= 4 is 17.3 Å². The molecule has 2 aromatic rings. The number of hydrogen-bond acceptors (Lipinski definition) is 6. The average molecular weight is 333 g/mol. The molecule has 2 unspecified atom stereocenters. The zero-order valence-corrected chi connectivity index (χ0v) is 14.0. The first-order valence-corrected chi connectivity index (χ1v) is 8.49. The van der Waals surface area contributed by atoms with Crippen LogP contribution < -0.4 is 5.32 Å². The smallest absolute Gasteiger partial charge is 0.368 e. The highest BCUT2D eigenvalue weighted by Gasteiger charge is 2.28. The number of nitrogens with one attached hydrogen (secondary N) is 1. The molecule has 130 valence electrons. The highest BCUT2D eigenvalue weighted by atomic mass is 16.6. The number of nitro groups is 1. The van der Waals surface area contributed by atoms with E-state index in [0.29, 0.717) is 17.4 Å². The van der Waals surface area contributed by atoms with Crippen LogP contribution in [0.5, 0.6) is 0 Å². The van der Waals surface area contributed by atoms with E-state index in [2.05, 4.69) is 29.2 Å². The number of ether oxygens (including phenoxy) is 1. The van der Waals surface area contributed by atoms with Crippen molar-refractivity contribution in [3.8, 4) is 0 Å². The Kier molecular flexibility index (Phi) is 4.94. The van der Waals surface area contributed by atoms with Crippen molar-refractivity contribution in [2.75, 3.05) is 11.9 Å². The Hall–Kier alpha value is -2.22. The molecule has 8 heteroatoms. The molecule has 0 bridgehead atoms. The Bertz CT molecular complexity index is 713. The topological polar surface area (TPSA) is 94.6 Å². The molecule has 1 saturated heterocycles. The maximum atomic E-state index is 11.0. The van der Waals surface area contributed by atoms with Gasteiger partial charge in [0.2, 0.25) is 5.65 Å². The predicted molar refractivity (Wildman–Crippen MR) is 90.1 cm³/mol. The Balaban J connectivity index is 1.74. The lowest BCUT2D eigenvalue weighted by molar-refractivity contribution is -0.391. The van der Waals surface area contributed by atoms with Gasteiger partial charge in [0.1, 0.15) is 6.20 Å². The van der Waals surface area contributed by atoms with Crippen LogP contribution in [0.25, 0.3) is 5.65 Å². The lowest BCUT2D eigenvalue weighted by Gasteiger charge is -2.34. The largest absolute Gasteiger partial charge is 0.378 e. The summed E-state index contributed by atoms with van der Waals surface area (Å²) < 4.78 is 7.20. The van der Waals surface area contributed by atoms with Crippen LogP contribution in [0.15, 0.2) is 18.3 Å². The molecular weight excluding hydrogens is 310 g/mol. The number of rotatable bonds is 6. The van der Waals surface area contributed by atoms with E-state index in [1.54, 1.807) is 6.07 Å². The summed E-state index contributed by atoms with van der Waals surface area (Å²) in [5, 5.41) is 18.8. The first kappa shape index (κ1) is 16.6. The molecule has 0 aliphatic carbocycles. The van der Waals surface area contributed by atoms with Crippen LogP contribution in [0, 0.1) is 16.0 Å². The fraction of sp³-hybridized carbons (Fsp3) is 0.625. The summed E-state index contributed by atoms with van der Waals surface area (Å²) in [7, 11) is 0. The van der Waals surface area contributed by atoms with Crippen molar-refractivity contribution in [3.05, 3.63) is 28.4 Å². The SMILES string of the molecule is CCC(CC)C1CC(Nc2ccc3ncc([N+](=O)[O-])n3n2)CCO1. The monoisotopic (exact) mass is 333 g/mol. The third-order valence-corrected chi connectivity index (χ3v) is 4.77. The summed E-state index contributed by atoms with van der Waals surface area (Å²) in [5.41, 5.74) is 0.467. The summed E-state index contributed by atoms with van der Waals surface area (Å²) >= 11 is 0.